The largest absolute Gasteiger partial charge is 0.420 e. The van der Waals surface area contributed by atoms with E-state index >= 15 is 0 Å². The first-order valence-electron chi connectivity index (χ1n) is 9.05. The first-order chi connectivity index (χ1) is 14.1. The van der Waals surface area contributed by atoms with Crippen LogP contribution >= 0.6 is 22.9 Å². The molecule has 0 saturated carbocycles. The van der Waals surface area contributed by atoms with Gasteiger partial charge < -0.3 is 9.30 Å². The number of thiazole rings is 1. The molecule has 1 N–H and O–H groups in total. The highest BCUT2D eigenvalue weighted by Gasteiger charge is 2.30. The van der Waals surface area contributed by atoms with Crippen molar-refractivity contribution in [2.24, 2.45) is 5.92 Å². The molecular formula is C20H19ClF3N3O2S. The molecule has 3 rings (SSSR count). The molecule has 0 aliphatic heterocycles. The molecule has 1 amide bonds. The summed E-state index contributed by atoms with van der Waals surface area (Å²) in [4.78, 5) is 16.2. The molecule has 2 aromatic heterocycles. The van der Waals surface area contributed by atoms with Crippen molar-refractivity contribution >= 4 is 34.2 Å². The predicted octanol–water partition coefficient (Wildman–Crippen LogP) is 6.47. The summed E-state index contributed by atoms with van der Waals surface area (Å²) in [6, 6.07) is 6.77. The van der Waals surface area contributed by atoms with Crippen LogP contribution in [0.5, 0.6) is 5.88 Å². The zero-order valence-electron chi connectivity index (χ0n) is 16.2. The van der Waals surface area contributed by atoms with Gasteiger partial charge in [-0.25, -0.2) is 9.78 Å². The SMILES string of the molecule is CC(C)Cc1cc(OC(=O)Nc2ncc(Cl)s2)n(Cc2cccc(C(F)(F)F)c2)c1. The maximum Gasteiger partial charge on any atom is 0.420 e. The molecule has 10 heteroatoms. The summed E-state index contributed by atoms with van der Waals surface area (Å²) < 4.78 is 46.5. The highest BCUT2D eigenvalue weighted by atomic mass is 35.5. The molecular weight excluding hydrogens is 439 g/mol. The van der Waals surface area contributed by atoms with Crippen molar-refractivity contribution in [2.75, 3.05) is 5.32 Å². The van der Waals surface area contributed by atoms with Crippen LogP contribution in [0.3, 0.4) is 0 Å². The maximum atomic E-state index is 13.0. The molecule has 3 aromatic rings. The number of halogens is 4. The van der Waals surface area contributed by atoms with Crippen molar-refractivity contribution in [3.8, 4) is 5.88 Å². The zero-order chi connectivity index (χ0) is 21.9. The van der Waals surface area contributed by atoms with Gasteiger partial charge in [0.2, 0.25) is 5.88 Å². The third kappa shape index (κ3) is 5.99. The van der Waals surface area contributed by atoms with Gasteiger partial charge in [0, 0.05) is 12.3 Å². The monoisotopic (exact) mass is 457 g/mol. The first-order valence-corrected chi connectivity index (χ1v) is 10.2. The third-order valence-electron chi connectivity index (χ3n) is 4.05. The first kappa shape index (κ1) is 22.2. The van der Waals surface area contributed by atoms with Crippen LogP contribution in [-0.4, -0.2) is 15.6 Å². The number of benzene rings is 1. The summed E-state index contributed by atoms with van der Waals surface area (Å²) in [5.74, 6) is 0.580. The summed E-state index contributed by atoms with van der Waals surface area (Å²) >= 11 is 6.88. The summed E-state index contributed by atoms with van der Waals surface area (Å²) in [6.07, 6.45) is -1.28. The summed E-state index contributed by atoms with van der Waals surface area (Å²) in [5.41, 5.74) is 0.626. The quantitative estimate of drug-likeness (QED) is 0.461. The van der Waals surface area contributed by atoms with Gasteiger partial charge in [-0.1, -0.05) is 48.9 Å². The Morgan fingerprint density at radius 3 is 2.70 bits per heavy atom. The van der Waals surface area contributed by atoms with Crippen LogP contribution in [0.1, 0.15) is 30.5 Å². The Labute approximate surface area is 180 Å². The number of carbonyl (C=O) groups excluding carboxylic acids is 1. The van der Waals surface area contributed by atoms with Crippen LogP contribution in [-0.2, 0) is 19.1 Å². The minimum atomic E-state index is -4.43. The van der Waals surface area contributed by atoms with Gasteiger partial charge in [0.05, 0.1) is 18.3 Å². The second-order valence-electron chi connectivity index (χ2n) is 7.09. The van der Waals surface area contributed by atoms with E-state index in [2.05, 4.69) is 10.3 Å². The van der Waals surface area contributed by atoms with Crippen molar-refractivity contribution < 1.29 is 22.7 Å². The second-order valence-corrected chi connectivity index (χ2v) is 8.76. The minimum absolute atomic E-state index is 0.119. The fourth-order valence-electron chi connectivity index (χ4n) is 2.90. The zero-order valence-corrected chi connectivity index (χ0v) is 17.7. The lowest BCUT2D eigenvalue weighted by Gasteiger charge is -2.12. The van der Waals surface area contributed by atoms with Gasteiger partial charge in [0.1, 0.15) is 4.34 Å². The maximum absolute atomic E-state index is 13.0. The van der Waals surface area contributed by atoms with E-state index < -0.39 is 17.8 Å². The van der Waals surface area contributed by atoms with Gasteiger partial charge in [-0.05, 0) is 35.6 Å². The molecule has 2 heterocycles. The number of amides is 1. The third-order valence-corrected chi connectivity index (χ3v) is 5.08. The molecule has 0 unspecified atom stereocenters. The average molecular weight is 458 g/mol. The van der Waals surface area contributed by atoms with Crippen molar-refractivity contribution in [3.63, 3.8) is 0 Å². The van der Waals surface area contributed by atoms with Gasteiger partial charge in [0.15, 0.2) is 5.13 Å². The van der Waals surface area contributed by atoms with E-state index in [4.69, 9.17) is 16.3 Å². The van der Waals surface area contributed by atoms with E-state index in [1.165, 1.54) is 12.3 Å². The van der Waals surface area contributed by atoms with Crippen molar-refractivity contribution in [1.29, 1.82) is 0 Å². The molecule has 0 spiro atoms. The number of nitrogens with zero attached hydrogens (tertiary/aromatic N) is 2. The Balaban J connectivity index is 1.82. The van der Waals surface area contributed by atoms with E-state index in [0.717, 1.165) is 35.5 Å². The topological polar surface area (TPSA) is 56.1 Å². The molecule has 0 atom stereocenters. The number of alkyl halides is 3. The number of aromatic nitrogens is 2. The van der Waals surface area contributed by atoms with Crippen molar-refractivity contribution in [3.05, 3.63) is 63.8 Å². The van der Waals surface area contributed by atoms with Crippen molar-refractivity contribution in [2.45, 2.75) is 33.0 Å². The fourth-order valence-corrected chi connectivity index (χ4v) is 3.70. The molecule has 160 valence electrons. The van der Waals surface area contributed by atoms with Gasteiger partial charge in [0.25, 0.3) is 0 Å². The highest BCUT2D eigenvalue weighted by Crippen LogP contribution is 2.30. The summed E-state index contributed by atoms with van der Waals surface area (Å²) in [7, 11) is 0. The number of rotatable bonds is 6. The molecule has 0 fully saturated rings. The van der Waals surface area contributed by atoms with Gasteiger partial charge in [-0.15, -0.1) is 0 Å². The van der Waals surface area contributed by atoms with Gasteiger partial charge in [-0.2, -0.15) is 13.2 Å². The van der Waals surface area contributed by atoms with E-state index in [0.29, 0.717) is 15.8 Å². The Bertz CT molecular complexity index is 1030. The fraction of sp³-hybridized carbons (Fsp3) is 0.300. The van der Waals surface area contributed by atoms with Crippen LogP contribution < -0.4 is 10.1 Å². The van der Waals surface area contributed by atoms with Crippen LogP contribution in [0.2, 0.25) is 4.34 Å². The molecule has 0 aliphatic rings. The Kier molecular flexibility index (Phi) is 6.72. The molecule has 30 heavy (non-hydrogen) atoms. The Morgan fingerprint density at radius 1 is 1.30 bits per heavy atom. The normalized spacial score (nSPS) is 11.7. The van der Waals surface area contributed by atoms with E-state index in [1.807, 2.05) is 13.8 Å². The number of hydrogen-bond donors (Lipinski definition) is 1. The molecule has 0 bridgehead atoms. The molecule has 0 radical (unpaired) electrons. The number of nitrogens with one attached hydrogen (secondary N) is 1. The lowest BCUT2D eigenvalue weighted by molar-refractivity contribution is -0.137. The summed E-state index contributed by atoms with van der Waals surface area (Å²) in [6.45, 7) is 4.21. The average Bonchev–Trinajstić information content (AvgIpc) is 3.19. The lowest BCUT2D eigenvalue weighted by Crippen LogP contribution is -2.18. The molecule has 0 aliphatic carbocycles. The highest BCUT2D eigenvalue weighted by molar-refractivity contribution is 7.19. The van der Waals surface area contributed by atoms with Crippen molar-refractivity contribution in [1.82, 2.24) is 9.55 Å². The Hall–Kier alpha value is -2.52. The van der Waals surface area contributed by atoms with Crippen LogP contribution in [0.25, 0.3) is 0 Å². The van der Waals surface area contributed by atoms with Gasteiger partial charge in [-0.3, -0.25) is 5.32 Å². The van der Waals surface area contributed by atoms with Gasteiger partial charge >= 0.3 is 12.3 Å². The molecule has 0 saturated heterocycles. The van der Waals surface area contributed by atoms with E-state index in [9.17, 15) is 18.0 Å². The second kappa shape index (κ2) is 9.09. The van der Waals surface area contributed by atoms with Crippen LogP contribution in [0.4, 0.5) is 23.1 Å². The van der Waals surface area contributed by atoms with E-state index in [-0.39, 0.29) is 17.6 Å². The number of carbonyl (C=O) groups is 1. The standard InChI is InChI=1S/C20H19ClF3N3O2S/c1-12(2)6-14-8-17(29-19(28)26-18-25-9-16(21)30-18)27(11-14)10-13-4-3-5-15(7-13)20(22,23)24/h3-5,7-9,11-12H,6,10H2,1-2H3,(H,25,26,28). The number of anilines is 1. The summed E-state index contributed by atoms with van der Waals surface area (Å²) in [5, 5.41) is 2.76. The molecule has 5 nitrogen and oxygen atoms in total. The van der Waals surface area contributed by atoms with E-state index in [1.54, 1.807) is 22.9 Å². The molecule has 1 aromatic carbocycles. The smallest absolute Gasteiger partial charge is 0.393 e. The lowest BCUT2D eigenvalue weighted by atomic mass is 10.1. The van der Waals surface area contributed by atoms with Crippen LogP contribution in [0, 0.1) is 5.92 Å². The number of hydrogen-bond acceptors (Lipinski definition) is 4. The Morgan fingerprint density at radius 2 is 2.07 bits per heavy atom. The minimum Gasteiger partial charge on any atom is -0.393 e. The van der Waals surface area contributed by atoms with Crippen LogP contribution in [0.15, 0.2) is 42.7 Å². The predicted molar refractivity (Wildman–Crippen MR) is 110 cm³/mol. The number of ether oxygens (including phenoxy) is 1.